The van der Waals surface area contributed by atoms with E-state index in [0.717, 1.165) is 21.2 Å². The number of rotatable bonds is 2. The number of pyridine rings is 1. The molecule has 17 heavy (non-hydrogen) atoms. The number of aromatic nitrogens is 1. The number of benzene rings is 1. The van der Waals surface area contributed by atoms with E-state index < -0.39 is 0 Å². The highest BCUT2D eigenvalue weighted by molar-refractivity contribution is 9.10. The minimum atomic E-state index is -0.125. The Kier molecular flexibility index (Phi) is 3.60. The van der Waals surface area contributed by atoms with Crippen LogP contribution in [0.4, 0.5) is 0 Å². The van der Waals surface area contributed by atoms with Crippen molar-refractivity contribution in [3.63, 3.8) is 0 Å². The Balaban J connectivity index is 2.43. The number of nitrogens with two attached hydrogens (primary N) is 1. The van der Waals surface area contributed by atoms with Crippen molar-refractivity contribution in [1.29, 1.82) is 0 Å². The van der Waals surface area contributed by atoms with Gasteiger partial charge in [0.2, 0.25) is 0 Å². The van der Waals surface area contributed by atoms with E-state index in [2.05, 4.69) is 46.0 Å². The van der Waals surface area contributed by atoms with Gasteiger partial charge in [0.15, 0.2) is 0 Å². The van der Waals surface area contributed by atoms with Gasteiger partial charge in [-0.15, -0.1) is 0 Å². The van der Waals surface area contributed by atoms with Gasteiger partial charge in [-0.3, -0.25) is 4.98 Å². The van der Waals surface area contributed by atoms with E-state index in [1.54, 1.807) is 0 Å². The van der Waals surface area contributed by atoms with Crippen molar-refractivity contribution in [3.05, 3.63) is 63.4 Å². The molecule has 2 N–H and O–H groups in total. The van der Waals surface area contributed by atoms with Gasteiger partial charge in [-0.25, -0.2) is 0 Å². The Labute approximate surface area is 110 Å². The van der Waals surface area contributed by atoms with Gasteiger partial charge >= 0.3 is 0 Å². The summed E-state index contributed by atoms with van der Waals surface area (Å²) in [7, 11) is 0. The van der Waals surface area contributed by atoms with Crippen LogP contribution in [-0.4, -0.2) is 4.98 Å². The molecule has 0 aliphatic heterocycles. The predicted octanol–water partition coefficient (Wildman–Crippen LogP) is 3.51. The van der Waals surface area contributed by atoms with E-state index in [1.165, 1.54) is 5.56 Å². The molecule has 0 radical (unpaired) electrons. The van der Waals surface area contributed by atoms with Crippen LogP contribution >= 0.6 is 15.9 Å². The first-order valence-electron chi connectivity index (χ1n) is 5.51. The molecule has 0 bridgehead atoms. The van der Waals surface area contributed by atoms with E-state index in [1.807, 2.05) is 25.4 Å². The quantitative estimate of drug-likeness (QED) is 0.919. The molecule has 0 aliphatic rings. The summed E-state index contributed by atoms with van der Waals surface area (Å²) < 4.78 is 1.05. The zero-order valence-corrected chi connectivity index (χ0v) is 11.5. The fraction of sp³-hybridized carbons (Fsp3) is 0.214. The first-order valence-corrected chi connectivity index (χ1v) is 6.30. The SMILES string of the molecule is Cc1cncc(C(N)c2cc(Br)ccc2C)c1. The molecule has 88 valence electrons. The van der Waals surface area contributed by atoms with Crippen molar-refractivity contribution >= 4 is 15.9 Å². The lowest BCUT2D eigenvalue weighted by Crippen LogP contribution is -2.13. The number of nitrogens with zero attached hydrogens (tertiary/aromatic N) is 1. The third-order valence-electron chi connectivity index (χ3n) is 2.83. The van der Waals surface area contributed by atoms with E-state index >= 15 is 0 Å². The summed E-state index contributed by atoms with van der Waals surface area (Å²) in [6.45, 7) is 4.10. The summed E-state index contributed by atoms with van der Waals surface area (Å²) in [6.07, 6.45) is 3.67. The maximum atomic E-state index is 6.29. The molecule has 0 amide bonds. The van der Waals surface area contributed by atoms with Crippen LogP contribution in [0, 0.1) is 13.8 Å². The maximum absolute atomic E-state index is 6.29. The van der Waals surface area contributed by atoms with Gasteiger partial charge in [0.1, 0.15) is 0 Å². The van der Waals surface area contributed by atoms with Crippen LogP contribution in [0.25, 0.3) is 0 Å². The molecule has 0 saturated carbocycles. The summed E-state index contributed by atoms with van der Waals surface area (Å²) >= 11 is 3.48. The molecule has 0 aliphatic carbocycles. The van der Waals surface area contributed by atoms with Crippen molar-refractivity contribution in [2.24, 2.45) is 5.73 Å². The molecule has 2 aromatic rings. The fourth-order valence-corrected chi connectivity index (χ4v) is 2.25. The average Bonchev–Trinajstić information content (AvgIpc) is 2.31. The molecule has 3 heteroatoms. The molecule has 1 unspecified atom stereocenters. The van der Waals surface area contributed by atoms with E-state index in [9.17, 15) is 0 Å². The smallest absolute Gasteiger partial charge is 0.0570 e. The molecule has 1 aromatic carbocycles. The Bertz CT molecular complexity index is 537. The topological polar surface area (TPSA) is 38.9 Å². The van der Waals surface area contributed by atoms with Gasteiger partial charge < -0.3 is 5.73 Å². The molecule has 0 spiro atoms. The standard InChI is InChI=1S/C14H15BrN2/c1-9-5-11(8-17-7-9)14(16)13-6-12(15)4-3-10(13)2/h3-8,14H,16H2,1-2H3. The third kappa shape index (κ3) is 2.73. The number of aryl methyl sites for hydroxylation is 2. The lowest BCUT2D eigenvalue weighted by atomic mass is 9.96. The van der Waals surface area contributed by atoms with Crippen molar-refractivity contribution < 1.29 is 0 Å². The number of halogens is 1. The van der Waals surface area contributed by atoms with Crippen LogP contribution in [0.5, 0.6) is 0 Å². The zero-order chi connectivity index (χ0) is 12.4. The highest BCUT2D eigenvalue weighted by Crippen LogP contribution is 2.25. The highest BCUT2D eigenvalue weighted by Gasteiger charge is 2.12. The zero-order valence-electron chi connectivity index (χ0n) is 9.94. The summed E-state index contributed by atoms with van der Waals surface area (Å²) in [4.78, 5) is 4.19. The molecule has 0 saturated heterocycles. The van der Waals surface area contributed by atoms with Crippen LogP contribution in [0.3, 0.4) is 0 Å². The lowest BCUT2D eigenvalue weighted by Gasteiger charge is -2.15. The van der Waals surface area contributed by atoms with Crippen LogP contribution in [0.1, 0.15) is 28.3 Å². The van der Waals surface area contributed by atoms with Crippen molar-refractivity contribution in [2.75, 3.05) is 0 Å². The van der Waals surface area contributed by atoms with Gasteiger partial charge in [-0.2, -0.15) is 0 Å². The Hall–Kier alpha value is -1.19. The molecule has 1 heterocycles. The van der Waals surface area contributed by atoms with Crippen molar-refractivity contribution in [2.45, 2.75) is 19.9 Å². The summed E-state index contributed by atoms with van der Waals surface area (Å²) in [5.74, 6) is 0. The minimum absolute atomic E-state index is 0.125. The van der Waals surface area contributed by atoms with Gasteiger partial charge in [0.05, 0.1) is 6.04 Å². The van der Waals surface area contributed by atoms with Crippen molar-refractivity contribution in [1.82, 2.24) is 4.98 Å². The second-order valence-electron chi connectivity index (χ2n) is 4.27. The Morgan fingerprint density at radius 1 is 1.18 bits per heavy atom. The minimum Gasteiger partial charge on any atom is -0.320 e. The van der Waals surface area contributed by atoms with Crippen LogP contribution in [0.2, 0.25) is 0 Å². The summed E-state index contributed by atoms with van der Waals surface area (Å²) in [5.41, 5.74) is 10.8. The lowest BCUT2D eigenvalue weighted by molar-refractivity contribution is 0.850. The first-order chi connectivity index (χ1) is 8.08. The molecule has 2 nitrogen and oxygen atoms in total. The highest BCUT2D eigenvalue weighted by atomic mass is 79.9. The van der Waals surface area contributed by atoms with Crippen LogP contribution < -0.4 is 5.73 Å². The largest absolute Gasteiger partial charge is 0.320 e. The monoisotopic (exact) mass is 290 g/mol. The Morgan fingerprint density at radius 3 is 2.65 bits per heavy atom. The summed E-state index contributed by atoms with van der Waals surface area (Å²) in [5, 5.41) is 0. The third-order valence-corrected chi connectivity index (χ3v) is 3.32. The van der Waals surface area contributed by atoms with E-state index in [-0.39, 0.29) is 6.04 Å². The maximum Gasteiger partial charge on any atom is 0.0570 e. The van der Waals surface area contributed by atoms with Gasteiger partial charge in [0, 0.05) is 16.9 Å². The van der Waals surface area contributed by atoms with E-state index in [0.29, 0.717) is 0 Å². The summed E-state index contributed by atoms with van der Waals surface area (Å²) in [6, 6.07) is 8.13. The van der Waals surface area contributed by atoms with Gasteiger partial charge in [-0.05, 0) is 48.2 Å². The van der Waals surface area contributed by atoms with Gasteiger partial charge in [0.25, 0.3) is 0 Å². The molecular weight excluding hydrogens is 276 g/mol. The fourth-order valence-electron chi connectivity index (χ4n) is 1.87. The second-order valence-corrected chi connectivity index (χ2v) is 5.19. The number of hydrogen-bond acceptors (Lipinski definition) is 2. The predicted molar refractivity (Wildman–Crippen MR) is 73.9 cm³/mol. The van der Waals surface area contributed by atoms with E-state index in [4.69, 9.17) is 5.73 Å². The first kappa shape index (κ1) is 12.3. The molecular formula is C14H15BrN2. The molecule has 2 rings (SSSR count). The Morgan fingerprint density at radius 2 is 1.94 bits per heavy atom. The molecule has 1 aromatic heterocycles. The van der Waals surface area contributed by atoms with Crippen LogP contribution in [0.15, 0.2) is 41.1 Å². The van der Waals surface area contributed by atoms with Gasteiger partial charge in [-0.1, -0.05) is 28.1 Å². The average molecular weight is 291 g/mol. The molecule has 0 fully saturated rings. The number of hydrogen-bond donors (Lipinski definition) is 1. The van der Waals surface area contributed by atoms with Crippen molar-refractivity contribution in [3.8, 4) is 0 Å². The second kappa shape index (κ2) is 4.98. The normalized spacial score (nSPS) is 12.5. The van der Waals surface area contributed by atoms with Crippen LogP contribution in [-0.2, 0) is 0 Å². The molecule has 1 atom stereocenters.